The normalized spacial score (nSPS) is 19.0. The van der Waals surface area contributed by atoms with Crippen LogP contribution in [0.15, 0.2) is 22.4 Å². The number of H-pyrrole nitrogens is 1. The van der Waals surface area contributed by atoms with Crippen molar-refractivity contribution in [2.24, 2.45) is 5.41 Å². The molecule has 2 fully saturated rings. The third-order valence-corrected chi connectivity index (χ3v) is 7.29. The van der Waals surface area contributed by atoms with E-state index >= 15 is 0 Å². The third-order valence-electron chi connectivity index (χ3n) is 6.38. The molecule has 0 aromatic carbocycles. The van der Waals surface area contributed by atoms with Crippen LogP contribution in [0.1, 0.15) is 54.6 Å². The number of rotatable bonds is 2. The molecule has 5 rings (SSSR count). The van der Waals surface area contributed by atoms with E-state index in [-0.39, 0.29) is 11.5 Å². The molecular weight excluding hydrogens is 374 g/mol. The summed E-state index contributed by atoms with van der Waals surface area (Å²) in [4.78, 5) is 34.7. The molecule has 146 valence electrons. The molecule has 1 saturated carbocycles. The second kappa shape index (κ2) is 6.55. The largest absolute Gasteiger partial charge is 0.338 e. The quantitative estimate of drug-likeness (QED) is 0.719. The average molecular weight is 398 g/mol. The SMILES string of the molecule is Cc1c(C(=O)N2CCC3(CCCCC3)C2)cnn1-c1nc2ccsc2c(=O)[nH]1. The monoisotopic (exact) mass is 397 g/mol. The zero-order valence-corrected chi connectivity index (χ0v) is 16.7. The highest BCUT2D eigenvalue weighted by Gasteiger charge is 2.41. The summed E-state index contributed by atoms with van der Waals surface area (Å²) in [5.41, 5.74) is 2.07. The Labute approximate surface area is 166 Å². The Morgan fingerprint density at radius 3 is 2.89 bits per heavy atom. The van der Waals surface area contributed by atoms with Gasteiger partial charge in [-0.05, 0) is 43.0 Å². The third kappa shape index (κ3) is 2.78. The van der Waals surface area contributed by atoms with Crippen LogP contribution in [0.25, 0.3) is 16.2 Å². The summed E-state index contributed by atoms with van der Waals surface area (Å²) in [6.45, 7) is 3.52. The summed E-state index contributed by atoms with van der Waals surface area (Å²) in [5, 5.41) is 6.20. The van der Waals surface area contributed by atoms with Crippen molar-refractivity contribution in [3.8, 4) is 5.95 Å². The van der Waals surface area contributed by atoms with E-state index in [4.69, 9.17) is 0 Å². The number of fused-ring (bicyclic) bond motifs is 1. The Morgan fingerprint density at radius 2 is 2.07 bits per heavy atom. The van der Waals surface area contributed by atoms with E-state index in [2.05, 4.69) is 15.1 Å². The molecule has 0 atom stereocenters. The van der Waals surface area contributed by atoms with Gasteiger partial charge in [0.1, 0.15) is 4.70 Å². The molecule has 3 aromatic rings. The number of aromatic amines is 1. The first-order valence-electron chi connectivity index (χ1n) is 9.88. The van der Waals surface area contributed by atoms with Crippen LogP contribution in [0.4, 0.5) is 0 Å². The molecule has 8 heteroatoms. The number of carbonyl (C=O) groups is 1. The summed E-state index contributed by atoms with van der Waals surface area (Å²) >= 11 is 1.36. The van der Waals surface area contributed by atoms with E-state index in [9.17, 15) is 9.59 Å². The van der Waals surface area contributed by atoms with Gasteiger partial charge in [-0.2, -0.15) is 5.10 Å². The van der Waals surface area contributed by atoms with Gasteiger partial charge in [-0.25, -0.2) is 9.67 Å². The maximum Gasteiger partial charge on any atom is 0.270 e. The molecule has 1 N–H and O–H groups in total. The van der Waals surface area contributed by atoms with Crippen LogP contribution in [-0.2, 0) is 0 Å². The molecule has 0 radical (unpaired) electrons. The number of carbonyl (C=O) groups excluding carboxylic acids is 1. The average Bonchev–Trinajstić information content (AvgIpc) is 3.41. The molecule has 1 aliphatic heterocycles. The number of nitrogens with one attached hydrogen (secondary N) is 1. The van der Waals surface area contributed by atoms with Gasteiger partial charge < -0.3 is 4.90 Å². The highest BCUT2D eigenvalue weighted by atomic mass is 32.1. The van der Waals surface area contributed by atoms with Gasteiger partial charge in [0.15, 0.2) is 0 Å². The minimum absolute atomic E-state index is 0.0326. The number of amides is 1. The molecule has 1 aliphatic carbocycles. The van der Waals surface area contributed by atoms with Gasteiger partial charge in [-0.3, -0.25) is 14.6 Å². The lowest BCUT2D eigenvalue weighted by atomic mass is 9.73. The van der Waals surface area contributed by atoms with E-state index < -0.39 is 0 Å². The molecule has 28 heavy (non-hydrogen) atoms. The summed E-state index contributed by atoms with van der Waals surface area (Å²) < 4.78 is 2.15. The second-order valence-electron chi connectivity index (χ2n) is 8.12. The van der Waals surface area contributed by atoms with Gasteiger partial charge in [0, 0.05) is 13.1 Å². The van der Waals surface area contributed by atoms with Gasteiger partial charge in [-0.1, -0.05) is 19.3 Å². The first kappa shape index (κ1) is 17.6. The highest BCUT2D eigenvalue weighted by Crippen LogP contribution is 2.44. The molecule has 1 saturated heterocycles. The Balaban J connectivity index is 1.43. The van der Waals surface area contributed by atoms with Crippen molar-refractivity contribution in [1.29, 1.82) is 0 Å². The smallest absolute Gasteiger partial charge is 0.270 e. The number of aromatic nitrogens is 4. The summed E-state index contributed by atoms with van der Waals surface area (Å²) in [5.74, 6) is 0.378. The number of likely N-dealkylation sites (tertiary alicyclic amines) is 1. The molecule has 2 aliphatic rings. The first-order chi connectivity index (χ1) is 13.6. The van der Waals surface area contributed by atoms with Crippen LogP contribution < -0.4 is 5.56 Å². The van der Waals surface area contributed by atoms with Crippen molar-refractivity contribution in [2.45, 2.75) is 45.4 Å². The molecule has 3 aromatic heterocycles. The highest BCUT2D eigenvalue weighted by molar-refractivity contribution is 7.17. The first-order valence-corrected chi connectivity index (χ1v) is 10.8. The fourth-order valence-electron chi connectivity index (χ4n) is 4.78. The molecule has 0 bridgehead atoms. The Morgan fingerprint density at radius 1 is 1.25 bits per heavy atom. The fraction of sp³-hybridized carbons (Fsp3) is 0.500. The number of nitrogens with zero attached hydrogens (tertiary/aromatic N) is 4. The predicted molar refractivity (Wildman–Crippen MR) is 108 cm³/mol. The molecular formula is C20H23N5O2S. The van der Waals surface area contributed by atoms with E-state index in [1.165, 1.54) is 43.4 Å². The minimum atomic E-state index is -0.184. The van der Waals surface area contributed by atoms with E-state index in [1.54, 1.807) is 10.9 Å². The lowest BCUT2D eigenvalue weighted by Crippen LogP contribution is -2.33. The van der Waals surface area contributed by atoms with Crippen molar-refractivity contribution in [1.82, 2.24) is 24.6 Å². The van der Waals surface area contributed by atoms with Gasteiger partial charge in [-0.15, -0.1) is 11.3 Å². The predicted octanol–water partition coefficient (Wildman–Crippen LogP) is 3.28. The lowest BCUT2D eigenvalue weighted by Gasteiger charge is -2.33. The number of hydrogen-bond donors (Lipinski definition) is 1. The van der Waals surface area contributed by atoms with E-state index in [0.717, 1.165) is 19.5 Å². The Kier molecular flexibility index (Phi) is 4.12. The lowest BCUT2D eigenvalue weighted by molar-refractivity contribution is 0.0758. The van der Waals surface area contributed by atoms with E-state index in [0.29, 0.717) is 32.8 Å². The van der Waals surface area contributed by atoms with Crippen molar-refractivity contribution in [3.05, 3.63) is 39.3 Å². The van der Waals surface area contributed by atoms with Crippen molar-refractivity contribution in [2.75, 3.05) is 13.1 Å². The van der Waals surface area contributed by atoms with Gasteiger partial charge in [0.25, 0.3) is 11.5 Å². The van der Waals surface area contributed by atoms with Crippen LogP contribution in [0, 0.1) is 12.3 Å². The second-order valence-corrected chi connectivity index (χ2v) is 9.03. The summed E-state index contributed by atoms with van der Waals surface area (Å²) in [6, 6.07) is 1.82. The fourth-order valence-corrected chi connectivity index (χ4v) is 5.51. The molecule has 0 unspecified atom stereocenters. The maximum atomic E-state index is 13.2. The van der Waals surface area contributed by atoms with Gasteiger partial charge in [0.05, 0.1) is 23.0 Å². The summed E-state index contributed by atoms with van der Waals surface area (Å²) in [6.07, 6.45) is 9.06. The van der Waals surface area contributed by atoms with Crippen molar-refractivity contribution >= 4 is 27.5 Å². The minimum Gasteiger partial charge on any atom is -0.338 e. The van der Waals surface area contributed by atoms with Crippen LogP contribution in [0.5, 0.6) is 0 Å². The molecule has 4 heterocycles. The van der Waals surface area contributed by atoms with Crippen LogP contribution >= 0.6 is 11.3 Å². The van der Waals surface area contributed by atoms with Crippen molar-refractivity contribution in [3.63, 3.8) is 0 Å². The van der Waals surface area contributed by atoms with Crippen LogP contribution in [0.2, 0.25) is 0 Å². The zero-order valence-electron chi connectivity index (χ0n) is 15.9. The van der Waals surface area contributed by atoms with E-state index in [1.807, 2.05) is 23.3 Å². The number of thiophene rings is 1. The van der Waals surface area contributed by atoms with Gasteiger partial charge >= 0.3 is 0 Å². The molecule has 1 amide bonds. The topological polar surface area (TPSA) is 83.9 Å². The molecule has 7 nitrogen and oxygen atoms in total. The maximum absolute atomic E-state index is 13.2. The standard InChI is InChI=1S/C20H23N5O2S/c1-13-14(18(27)24-9-8-20(12-24)6-3-2-4-7-20)11-21-25(13)19-22-15-5-10-28-16(15)17(26)23-19/h5,10-11H,2-4,6-9,12H2,1H3,(H,22,23,26). The van der Waals surface area contributed by atoms with Crippen LogP contribution in [0.3, 0.4) is 0 Å². The Bertz CT molecular complexity index is 1110. The Hall–Kier alpha value is -2.48. The molecule has 1 spiro atoms. The van der Waals surface area contributed by atoms with Crippen molar-refractivity contribution < 1.29 is 4.79 Å². The zero-order chi connectivity index (χ0) is 19.3. The van der Waals surface area contributed by atoms with Gasteiger partial charge in [0.2, 0.25) is 5.95 Å². The summed E-state index contributed by atoms with van der Waals surface area (Å²) in [7, 11) is 0. The van der Waals surface area contributed by atoms with Crippen LogP contribution in [-0.4, -0.2) is 43.6 Å². The number of hydrogen-bond acceptors (Lipinski definition) is 5.